The van der Waals surface area contributed by atoms with Crippen LogP contribution in [-0.4, -0.2) is 55.4 Å². The molecule has 158 valence electrons. The van der Waals surface area contributed by atoms with E-state index in [0.717, 1.165) is 44.0 Å². The summed E-state index contributed by atoms with van der Waals surface area (Å²) in [5.74, 6) is 1.40. The number of hydrogen-bond acceptors (Lipinski definition) is 8. The van der Waals surface area contributed by atoms with E-state index < -0.39 is 4.92 Å². The first-order valence-corrected chi connectivity index (χ1v) is 10.2. The average molecular weight is 431 g/mol. The molecule has 0 spiro atoms. The van der Waals surface area contributed by atoms with Crippen molar-refractivity contribution in [2.45, 2.75) is 32.7 Å². The number of halogens is 1. The van der Waals surface area contributed by atoms with Crippen molar-refractivity contribution in [2.75, 3.05) is 30.3 Å². The van der Waals surface area contributed by atoms with E-state index in [1.807, 2.05) is 13.0 Å². The van der Waals surface area contributed by atoms with Gasteiger partial charge in [-0.2, -0.15) is 4.98 Å². The molecule has 0 bridgehead atoms. The second kappa shape index (κ2) is 8.41. The molecule has 1 unspecified atom stereocenters. The van der Waals surface area contributed by atoms with Gasteiger partial charge in [0.15, 0.2) is 5.52 Å². The zero-order chi connectivity index (χ0) is 21.3. The number of aryl methyl sites for hydroxylation is 1. The Hall–Kier alpha value is -2.98. The van der Waals surface area contributed by atoms with Gasteiger partial charge in [0.25, 0.3) is 5.69 Å². The molecule has 0 saturated carbocycles. The van der Waals surface area contributed by atoms with E-state index in [1.54, 1.807) is 6.07 Å². The quantitative estimate of drug-likeness (QED) is 0.397. The normalized spacial score (nSPS) is 17.2. The van der Waals surface area contributed by atoms with E-state index in [1.165, 1.54) is 6.07 Å². The molecule has 3 N–H and O–H groups in total. The van der Waals surface area contributed by atoms with Gasteiger partial charge in [0.1, 0.15) is 5.82 Å². The Bertz CT molecular complexity index is 1090. The number of anilines is 3. The Labute approximate surface area is 178 Å². The number of likely N-dealkylation sites (tertiary alicyclic amines) is 1. The number of non-ortho nitro benzene ring substituents is 1. The van der Waals surface area contributed by atoms with E-state index in [2.05, 4.69) is 42.4 Å². The van der Waals surface area contributed by atoms with Gasteiger partial charge in [-0.1, -0.05) is 18.5 Å². The van der Waals surface area contributed by atoms with Crippen molar-refractivity contribution in [1.29, 1.82) is 0 Å². The number of imidazole rings is 1. The number of aromatic amines is 1. The molecular formula is C19H23ClN8O2. The van der Waals surface area contributed by atoms with Crippen LogP contribution in [0.3, 0.4) is 0 Å². The Morgan fingerprint density at radius 3 is 2.93 bits per heavy atom. The van der Waals surface area contributed by atoms with Crippen LogP contribution in [0.1, 0.15) is 25.5 Å². The predicted molar refractivity (Wildman–Crippen MR) is 117 cm³/mol. The lowest BCUT2D eigenvalue weighted by Gasteiger charge is -2.32. The van der Waals surface area contributed by atoms with Crippen LogP contribution in [0.5, 0.6) is 0 Å². The maximum absolute atomic E-state index is 11.3. The molecule has 1 atom stereocenters. The summed E-state index contributed by atoms with van der Waals surface area (Å²) in [6, 6.07) is 5.11. The highest BCUT2D eigenvalue weighted by atomic mass is 35.5. The van der Waals surface area contributed by atoms with Gasteiger partial charge in [-0.3, -0.25) is 15.4 Å². The third-order valence-corrected chi connectivity index (χ3v) is 5.34. The Kier molecular flexibility index (Phi) is 5.69. The minimum Gasteiger partial charge on any atom is -0.366 e. The number of aromatic nitrogens is 4. The van der Waals surface area contributed by atoms with Crippen LogP contribution in [0.25, 0.3) is 11.0 Å². The van der Waals surface area contributed by atoms with Crippen molar-refractivity contribution < 1.29 is 4.92 Å². The zero-order valence-corrected chi connectivity index (χ0v) is 17.5. The number of likely N-dealkylation sites (N-methyl/N-ethyl adjacent to an activating group) is 1. The van der Waals surface area contributed by atoms with Crippen LogP contribution in [-0.2, 0) is 0 Å². The van der Waals surface area contributed by atoms with Crippen molar-refractivity contribution in [1.82, 2.24) is 24.8 Å². The Balaban J connectivity index is 1.56. The maximum atomic E-state index is 11.3. The zero-order valence-electron chi connectivity index (χ0n) is 16.8. The monoisotopic (exact) mass is 430 g/mol. The summed E-state index contributed by atoms with van der Waals surface area (Å²) >= 11 is 5.98. The standard InChI is InChI=1S/C19H23ClN8O2/c1-3-27-6-4-5-13(10-27)22-16-7-11(2)21-18(24-16)26-19-23-14-8-12(20)9-15(28(29)30)17(14)25-19/h7-9,13H,3-6,10H2,1-2H3,(H3,21,22,23,24,25,26). The third-order valence-electron chi connectivity index (χ3n) is 5.12. The van der Waals surface area contributed by atoms with Gasteiger partial charge in [-0.15, -0.1) is 0 Å². The molecule has 4 rings (SSSR count). The summed E-state index contributed by atoms with van der Waals surface area (Å²) in [5.41, 5.74) is 1.32. The largest absolute Gasteiger partial charge is 0.366 e. The van der Waals surface area contributed by atoms with Crippen LogP contribution >= 0.6 is 11.6 Å². The second-order valence-electron chi connectivity index (χ2n) is 7.38. The highest BCUT2D eigenvalue weighted by molar-refractivity contribution is 6.31. The second-order valence-corrected chi connectivity index (χ2v) is 7.82. The molecule has 1 aliphatic heterocycles. The van der Waals surface area contributed by atoms with Gasteiger partial charge in [-0.25, -0.2) is 9.97 Å². The SMILES string of the molecule is CCN1CCCC(Nc2cc(C)nc(Nc3nc4c([N+](=O)[O-])cc(Cl)cc4[nH]3)n2)C1. The first-order chi connectivity index (χ1) is 14.4. The molecule has 11 heteroatoms. The van der Waals surface area contributed by atoms with Gasteiger partial charge in [0, 0.05) is 35.4 Å². The number of nitrogens with zero attached hydrogens (tertiary/aromatic N) is 5. The fraction of sp³-hybridized carbons (Fsp3) is 0.421. The summed E-state index contributed by atoms with van der Waals surface area (Å²) in [6.07, 6.45) is 2.25. The molecule has 1 saturated heterocycles. The first-order valence-electron chi connectivity index (χ1n) is 9.86. The topological polar surface area (TPSA) is 125 Å². The number of hydrogen-bond donors (Lipinski definition) is 3. The third kappa shape index (κ3) is 4.44. The van der Waals surface area contributed by atoms with Gasteiger partial charge in [0.2, 0.25) is 11.9 Å². The van der Waals surface area contributed by atoms with Crippen molar-refractivity contribution in [2.24, 2.45) is 0 Å². The summed E-state index contributed by atoms with van der Waals surface area (Å²) in [6.45, 7) is 7.21. The predicted octanol–water partition coefficient (Wildman–Crippen LogP) is 3.86. The summed E-state index contributed by atoms with van der Waals surface area (Å²) in [7, 11) is 0. The number of nitro groups is 1. The van der Waals surface area contributed by atoms with Crippen LogP contribution in [0.2, 0.25) is 5.02 Å². The smallest absolute Gasteiger partial charge is 0.298 e. The minimum atomic E-state index is -0.506. The van der Waals surface area contributed by atoms with Gasteiger partial charge >= 0.3 is 0 Å². The van der Waals surface area contributed by atoms with E-state index in [9.17, 15) is 10.1 Å². The van der Waals surface area contributed by atoms with E-state index in [4.69, 9.17) is 11.6 Å². The number of piperidine rings is 1. The van der Waals surface area contributed by atoms with Crippen LogP contribution in [0.15, 0.2) is 18.2 Å². The number of benzene rings is 1. The van der Waals surface area contributed by atoms with Crippen molar-refractivity contribution >= 4 is 46.0 Å². The number of nitro benzene ring substituents is 1. The Morgan fingerprint density at radius 1 is 1.33 bits per heavy atom. The van der Waals surface area contributed by atoms with Gasteiger partial charge in [0.05, 0.1) is 10.4 Å². The van der Waals surface area contributed by atoms with E-state index >= 15 is 0 Å². The molecule has 1 aromatic carbocycles. The Morgan fingerprint density at radius 2 is 2.17 bits per heavy atom. The molecule has 10 nitrogen and oxygen atoms in total. The highest BCUT2D eigenvalue weighted by Crippen LogP contribution is 2.29. The minimum absolute atomic E-state index is 0.160. The average Bonchev–Trinajstić information content (AvgIpc) is 3.08. The molecule has 0 amide bonds. The van der Waals surface area contributed by atoms with Crippen molar-refractivity contribution in [3.8, 4) is 0 Å². The molecule has 0 aliphatic carbocycles. The lowest BCUT2D eigenvalue weighted by molar-refractivity contribution is -0.383. The fourth-order valence-corrected chi connectivity index (χ4v) is 3.95. The molecule has 3 heterocycles. The molecule has 2 aromatic heterocycles. The number of H-pyrrole nitrogens is 1. The summed E-state index contributed by atoms with van der Waals surface area (Å²) in [4.78, 5) is 29.4. The van der Waals surface area contributed by atoms with Crippen molar-refractivity contribution in [3.63, 3.8) is 0 Å². The first kappa shape index (κ1) is 20.3. The maximum Gasteiger partial charge on any atom is 0.298 e. The van der Waals surface area contributed by atoms with Crippen LogP contribution < -0.4 is 10.6 Å². The number of fused-ring (bicyclic) bond motifs is 1. The summed E-state index contributed by atoms with van der Waals surface area (Å²) in [5, 5.41) is 18.1. The molecule has 30 heavy (non-hydrogen) atoms. The number of nitrogens with one attached hydrogen (secondary N) is 3. The molecule has 1 fully saturated rings. The van der Waals surface area contributed by atoms with Gasteiger partial charge < -0.3 is 15.2 Å². The molecular weight excluding hydrogens is 408 g/mol. The van der Waals surface area contributed by atoms with Crippen LogP contribution in [0, 0.1) is 17.0 Å². The highest BCUT2D eigenvalue weighted by Gasteiger charge is 2.20. The number of rotatable bonds is 6. The molecule has 3 aromatic rings. The van der Waals surface area contributed by atoms with Gasteiger partial charge in [-0.05, 0) is 38.9 Å². The lowest BCUT2D eigenvalue weighted by Crippen LogP contribution is -2.42. The molecule has 0 radical (unpaired) electrons. The van der Waals surface area contributed by atoms with E-state index in [0.29, 0.717) is 23.5 Å². The van der Waals surface area contributed by atoms with Crippen LogP contribution in [0.4, 0.5) is 23.4 Å². The fourth-order valence-electron chi connectivity index (χ4n) is 3.74. The lowest BCUT2D eigenvalue weighted by atomic mass is 10.1. The summed E-state index contributed by atoms with van der Waals surface area (Å²) < 4.78 is 0. The van der Waals surface area contributed by atoms with E-state index in [-0.39, 0.29) is 16.2 Å². The van der Waals surface area contributed by atoms with Crippen molar-refractivity contribution in [3.05, 3.63) is 39.0 Å². The molecule has 1 aliphatic rings.